The van der Waals surface area contributed by atoms with E-state index in [-0.39, 0.29) is 36.3 Å². The van der Waals surface area contributed by atoms with E-state index < -0.39 is 0 Å². The predicted octanol–water partition coefficient (Wildman–Crippen LogP) is 2.90. The third-order valence-electron chi connectivity index (χ3n) is 8.34. The van der Waals surface area contributed by atoms with E-state index in [2.05, 4.69) is 16.0 Å². The Morgan fingerprint density at radius 2 is 1.78 bits per heavy atom. The van der Waals surface area contributed by atoms with Crippen LogP contribution in [0.5, 0.6) is 5.75 Å². The van der Waals surface area contributed by atoms with E-state index in [1.807, 2.05) is 40.1 Å². The Morgan fingerprint density at radius 3 is 2.56 bits per heavy atom. The lowest BCUT2D eigenvalue weighted by molar-refractivity contribution is -0.132. The molecule has 1 aliphatic carbocycles. The summed E-state index contributed by atoms with van der Waals surface area (Å²) in [5.74, 6) is 0.0907. The molecule has 6 rings (SSSR count). The molecule has 3 aromatic rings. The quantitative estimate of drug-likeness (QED) is 0.244. The number of carbonyl (C=O) groups is 4. The molecule has 2 heterocycles. The van der Waals surface area contributed by atoms with Crippen molar-refractivity contribution in [2.45, 2.75) is 44.8 Å². The van der Waals surface area contributed by atoms with E-state index in [0.29, 0.717) is 73.9 Å². The first kappa shape index (κ1) is 30.3. The second kappa shape index (κ2) is 13.5. The highest BCUT2D eigenvalue weighted by molar-refractivity contribution is 6.04. The van der Waals surface area contributed by atoms with Gasteiger partial charge in [0.05, 0.1) is 5.69 Å². The van der Waals surface area contributed by atoms with Crippen LogP contribution in [0.4, 0.5) is 11.4 Å². The monoisotopic (exact) mass is 610 g/mol. The van der Waals surface area contributed by atoms with Crippen LogP contribution in [-0.4, -0.2) is 72.3 Å². The summed E-state index contributed by atoms with van der Waals surface area (Å²) in [5.41, 5.74) is 10.9. The number of nitrogens with zero attached hydrogens (tertiary/aromatic N) is 2. The molecular formula is C34H38N6O5. The Labute approximate surface area is 262 Å². The second-order valence-electron chi connectivity index (χ2n) is 11.7. The summed E-state index contributed by atoms with van der Waals surface area (Å²) >= 11 is 0. The summed E-state index contributed by atoms with van der Waals surface area (Å²) in [5, 5.41) is 8.90. The number of nitrogens with one attached hydrogen (secondary N) is 3. The minimum Gasteiger partial charge on any atom is -0.482 e. The van der Waals surface area contributed by atoms with E-state index in [1.54, 1.807) is 30.3 Å². The molecule has 234 valence electrons. The van der Waals surface area contributed by atoms with Crippen molar-refractivity contribution in [3.63, 3.8) is 0 Å². The highest BCUT2D eigenvalue weighted by Gasteiger charge is 2.33. The van der Waals surface area contributed by atoms with Gasteiger partial charge < -0.3 is 36.2 Å². The van der Waals surface area contributed by atoms with Gasteiger partial charge in [-0.3, -0.25) is 19.2 Å². The smallest absolute Gasteiger partial charge is 0.262 e. The van der Waals surface area contributed by atoms with Gasteiger partial charge in [-0.05, 0) is 78.4 Å². The molecule has 4 amide bonds. The minimum absolute atomic E-state index is 0.0704. The standard InChI is InChI=1S/C34H38N6O5/c35-13-15-36-14-11-32(42)39-16-12-24-17-27(7-5-26(24)20-39)37-33(43)23-3-1-22(2-4-23)19-40(28-8-9-28)34(44)25-6-10-29-30(18-25)45-21-31(41)38-29/h1-7,10,17-18,28,36H,8-9,11-16,19-21,35H2,(H,37,43)(H,38,41). The largest absolute Gasteiger partial charge is 0.482 e. The number of rotatable bonds is 11. The van der Waals surface area contributed by atoms with Gasteiger partial charge in [-0.25, -0.2) is 0 Å². The molecule has 0 spiro atoms. The van der Waals surface area contributed by atoms with Crippen LogP contribution in [-0.2, 0) is 29.1 Å². The highest BCUT2D eigenvalue weighted by Crippen LogP contribution is 2.33. The van der Waals surface area contributed by atoms with Gasteiger partial charge in [0.2, 0.25) is 5.91 Å². The van der Waals surface area contributed by atoms with Gasteiger partial charge in [-0.2, -0.15) is 0 Å². The van der Waals surface area contributed by atoms with Crippen LogP contribution in [0.25, 0.3) is 0 Å². The van der Waals surface area contributed by atoms with E-state index >= 15 is 0 Å². The van der Waals surface area contributed by atoms with Crippen molar-refractivity contribution in [1.82, 2.24) is 15.1 Å². The topological polar surface area (TPSA) is 146 Å². The molecule has 2 aliphatic heterocycles. The van der Waals surface area contributed by atoms with Crippen molar-refractivity contribution >= 4 is 35.0 Å². The van der Waals surface area contributed by atoms with Gasteiger partial charge in [0.15, 0.2) is 6.61 Å². The normalized spacial score (nSPS) is 15.3. The Morgan fingerprint density at radius 1 is 0.978 bits per heavy atom. The summed E-state index contributed by atoms with van der Waals surface area (Å²) < 4.78 is 5.50. The molecule has 0 saturated heterocycles. The molecule has 1 fully saturated rings. The molecular weight excluding hydrogens is 572 g/mol. The first-order valence-electron chi connectivity index (χ1n) is 15.5. The fourth-order valence-corrected chi connectivity index (χ4v) is 5.71. The Bertz CT molecular complexity index is 1600. The van der Waals surface area contributed by atoms with Gasteiger partial charge >= 0.3 is 0 Å². The summed E-state index contributed by atoms with van der Waals surface area (Å²) in [4.78, 5) is 54.4. The van der Waals surface area contributed by atoms with Crippen molar-refractivity contribution in [3.8, 4) is 5.75 Å². The minimum atomic E-state index is -0.217. The lowest BCUT2D eigenvalue weighted by Gasteiger charge is -2.29. The molecule has 0 atom stereocenters. The molecule has 0 radical (unpaired) electrons. The lowest BCUT2D eigenvalue weighted by atomic mass is 9.98. The van der Waals surface area contributed by atoms with Crippen LogP contribution in [0.2, 0.25) is 0 Å². The van der Waals surface area contributed by atoms with Crippen molar-refractivity contribution in [2.75, 3.05) is 43.4 Å². The van der Waals surface area contributed by atoms with Gasteiger partial charge in [0.1, 0.15) is 5.75 Å². The molecule has 3 aromatic carbocycles. The molecule has 3 aliphatic rings. The number of benzene rings is 3. The second-order valence-corrected chi connectivity index (χ2v) is 11.7. The fourth-order valence-electron chi connectivity index (χ4n) is 5.71. The summed E-state index contributed by atoms with van der Waals surface area (Å²) in [7, 11) is 0. The van der Waals surface area contributed by atoms with Crippen molar-refractivity contribution in [1.29, 1.82) is 0 Å². The van der Waals surface area contributed by atoms with Gasteiger partial charge in [-0.1, -0.05) is 18.2 Å². The van der Waals surface area contributed by atoms with Crippen molar-refractivity contribution < 1.29 is 23.9 Å². The average Bonchev–Trinajstić information content (AvgIpc) is 3.90. The maximum atomic E-state index is 13.5. The van der Waals surface area contributed by atoms with E-state index in [1.165, 1.54) is 0 Å². The van der Waals surface area contributed by atoms with E-state index in [9.17, 15) is 19.2 Å². The van der Waals surface area contributed by atoms with E-state index in [4.69, 9.17) is 10.5 Å². The van der Waals surface area contributed by atoms with E-state index in [0.717, 1.165) is 36.0 Å². The maximum Gasteiger partial charge on any atom is 0.262 e. The SMILES string of the molecule is NCCNCCC(=O)N1CCc2cc(NC(=O)c3ccc(CN(C(=O)c4ccc5c(c4)OCC(=O)N5)C4CC4)cc3)ccc2C1. The molecule has 0 bridgehead atoms. The summed E-state index contributed by atoms with van der Waals surface area (Å²) in [6.45, 7) is 3.45. The van der Waals surface area contributed by atoms with Gasteiger partial charge in [-0.15, -0.1) is 0 Å². The van der Waals surface area contributed by atoms with Crippen LogP contribution in [0, 0.1) is 0 Å². The number of hydrogen-bond donors (Lipinski definition) is 4. The van der Waals surface area contributed by atoms with Crippen LogP contribution in [0.3, 0.4) is 0 Å². The number of carbonyl (C=O) groups excluding carboxylic acids is 4. The van der Waals surface area contributed by atoms with Gasteiger partial charge in [0.25, 0.3) is 17.7 Å². The number of anilines is 2. The number of amides is 4. The molecule has 0 unspecified atom stereocenters. The van der Waals surface area contributed by atoms with Gasteiger partial charge in [0, 0.05) is 68.5 Å². The summed E-state index contributed by atoms with van der Waals surface area (Å²) in [6.07, 6.45) is 3.08. The summed E-state index contributed by atoms with van der Waals surface area (Å²) in [6, 6.07) is 18.4. The number of fused-ring (bicyclic) bond motifs is 2. The molecule has 1 saturated carbocycles. The number of ether oxygens (including phenoxy) is 1. The number of nitrogens with two attached hydrogens (primary N) is 1. The van der Waals surface area contributed by atoms with Crippen LogP contribution < -0.4 is 26.4 Å². The average molecular weight is 611 g/mol. The van der Waals surface area contributed by atoms with Crippen LogP contribution in [0.1, 0.15) is 56.7 Å². The Hall–Kier alpha value is -4.74. The van der Waals surface area contributed by atoms with Crippen molar-refractivity contribution in [3.05, 3.63) is 88.5 Å². The predicted molar refractivity (Wildman–Crippen MR) is 170 cm³/mol. The third-order valence-corrected chi connectivity index (χ3v) is 8.34. The first-order valence-corrected chi connectivity index (χ1v) is 15.5. The maximum absolute atomic E-state index is 13.5. The zero-order valence-corrected chi connectivity index (χ0v) is 25.1. The van der Waals surface area contributed by atoms with Crippen LogP contribution in [0.15, 0.2) is 60.7 Å². The molecule has 5 N–H and O–H groups in total. The highest BCUT2D eigenvalue weighted by atomic mass is 16.5. The zero-order valence-electron chi connectivity index (χ0n) is 25.1. The lowest BCUT2D eigenvalue weighted by Crippen LogP contribution is -2.37. The van der Waals surface area contributed by atoms with Crippen LogP contribution >= 0.6 is 0 Å². The molecule has 0 aromatic heterocycles. The molecule has 11 nitrogen and oxygen atoms in total. The number of hydrogen-bond acceptors (Lipinski definition) is 7. The third kappa shape index (κ3) is 7.33. The molecule has 45 heavy (non-hydrogen) atoms. The molecule has 11 heteroatoms. The Kier molecular flexibility index (Phi) is 9.08. The van der Waals surface area contributed by atoms with Crippen molar-refractivity contribution in [2.24, 2.45) is 5.73 Å². The first-order chi connectivity index (χ1) is 21.9. The zero-order chi connectivity index (χ0) is 31.3. The Balaban J connectivity index is 1.04. The fraction of sp³-hybridized carbons (Fsp3) is 0.353.